The van der Waals surface area contributed by atoms with Gasteiger partial charge in [-0.05, 0) is 57.4 Å². The molecule has 1 heterocycles. The Kier molecular flexibility index (Phi) is 4.15. The predicted octanol–water partition coefficient (Wildman–Crippen LogP) is 3.17. The molecule has 0 fully saturated rings. The van der Waals surface area contributed by atoms with Crippen LogP contribution in [0.5, 0.6) is 5.75 Å². The van der Waals surface area contributed by atoms with Crippen LogP contribution in [0.1, 0.15) is 31.5 Å². The largest absolute Gasteiger partial charge is 0.494 e. The van der Waals surface area contributed by atoms with Crippen LogP contribution in [0.15, 0.2) is 18.2 Å². The molecule has 0 spiro atoms. The monoisotopic (exact) mass is 260 g/mol. The lowest BCUT2D eigenvalue weighted by molar-refractivity contribution is 0.340. The molecule has 0 amide bonds. The number of nitrogens with two attached hydrogens (primary N) is 1. The van der Waals surface area contributed by atoms with E-state index in [0.717, 1.165) is 18.6 Å². The lowest BCUT2D eigenvalue weighted by Gasteiger charge is -2.06. The van der Waals surface area contributed by atoms with Crippen molar-refractivity contribution in [3.8, 4) is 5.75 Å². The fraction of sp³-hybridized carbons (Fsp3) is 0.500. The molecular formula is C16H24N2O. The fourth-order valence-corrected chi connectivity index (χ4v) is 2.57. The molecule has 0 aliphatic rings. The van der Waals surface area contributed by atoms with Crippen molar-refractivity contribution < 1.29 is 4.74 Å². The number of aromatic nitrogens is 1. The van der Waals surface area contributed by atoms with Gasteiger partial charge in [-0.1, -0.05) is 0 Å². The maximum Gasteiger partial charge on any atom is 0.120 e. The quantitative estimate of drug-likeness (QED) is 0.897. The van der Waals surface area contributed by atoms with Gasteiger partial charge < -0.3 is 15.0 Å². The number of rotatable bonds is 5. The molecule has 3 heteroatoms. The minimum atomic E-state index is 0.240. The lowest BCUT2D eigenvalue weighted by atomic mass is 10.0. The Morgan fingerprint density at radius 2 is 2.11 bits per heavy atom. The molecule has 2 N–H and O–H groups in total. The van der Waals surface area contributed by atoms with Gasteiger partial charge in [-0.3, -0.25) is 0 Å². The van der Waals surface area contributed by atoms with Gasteiger partial charge >= 0.3 is 0 Å². The molecular weight excluding hydrogens is 236 g/mol. The first-order chi connectivity index (χ1) is 9.04. The summed E-state index contributed by atoms with van der Waals surface area (Å²) in [4.78, 5) is 0. The van der Waals surface area contributed by atoms with Crippen molar-refractivity contribution in [3.05, 3.63) is 29.5 Å². The third-order valence-corrected chi connectivity index (χ3v) is 3.76. The topological polar surface area (TPSA) is 40.2 Å². The second kappa shape index (κ2) is 5.66. The minimum absolute atomic E-state index is 0.240. The van der Waals surface area contributed by atoms with Crippen molar-refractivity contribution in [1.29, 1.82) is 0 Å². The Balaban J connectivity index is 2.47. The third kappa shape index (κ3) is 2.76. The molecule has 1 unspecified atom stereocenters. The van der Waals surface area contributed by atoms with Gasteiger partial charge in [0.1, 0.15) is 5.75 Å². The summed E-state index contributed by atoms with van der Waals surface area (Å²) in [5.74, 6) is 0.947. The molecule has 104 valence electrons. The smallest absolute Gasteiger partial charge is 0.120 e. The molecule has 0 aliphatic carbocycles. The Hall–Kier alpha value is -1.48. The summed E-state index contributed by atoms with van der Waals surface area (Å²) in [5.41, 5.74) is 9.87. The van der Waals surface area contributed by atoms with E-state index in [4.69, 9.17) is 10.5 Å². The first kappa shape index (κ1) is 13.9. The molecule has 1 aromatic heterocycles. The summed E-state index contributed by atoms with van der Waals surface area (Å²) in [6, 6.07) is 6.58. The van der Waals surface area contributed by atoms with Crippen LogP contribution in [0, 0.1) is 6.92 Å². The van der Waals surface area contributed by atoms with Crippen molar-refractivity contribution >= 4 is 10.9 Å². The van der Waals surface area contributed by atoms with Gasteiger partial charge in [-0.15, -0.1) is 0 Å². The number of ether oxygens (including phenoxy) is 1. The van der Waals surface area contributed by atoms with Gasteiger partial charge in [0, 0.05) is 29.7 Å². The lowest BCUT2D eigenvalue weighted by Crippen LogP contribution is -2.15. The molecule has 19 heavy (non-hydrogen) atoms. The van der Waals surface area contributed by atoms with E-state index in [1.165, 1.54) is 22.2 Å². The summed E-state index contributed by atoms with van der Waals surface area (Å²) >= 11 is 0. The van der Waals surface area contributed by atoms with Crippen LogP contribution < -0.4 is 10.5 Å². The summed E-state index contributed by atoms with van der Waals surface area (Å²) in [5, 5.41) is 1.30. The zero-order valence-electron chi connectivity index (χ0n) is 12.4. The van der Waals surface area contributed by atoms with E-state index < -0.39 is 0 Å². The number of aryl methyl sites for hydroxylation is 2. The minimum Gasteiger partial charge on any atom is -0.494 e. The van der Waals surface area contributed by atoms with Crippen molar-refractivity contribution in [2.45, 2.75) is 39.7 Å². The molecule has 0 saturated carbocycles. The van der Waals surface area contributed by atoms with E-state index in [1.54, 1.807) is 0 Å². The van der Waals surface area contributed by atoms with Crippen LogP contribution in [0.3, 0.4) is 0 Å². The molecule has 1 atom stereocenters. The van der Waals surface area contributed by atoms with Gasteiger partial charge in [-0.25, -0.2) is 0 Å². The Bertz CT molecular complexity index is 570. The molecule has 2 rings (SSSR count). The molecule has 1 aromatic carbocycles. The molecule has 2 aromatic rings. The predicted molar refractivity (Wildman–Crippen MR) is 80.8 cm³/mol. The van der Waals surface area contributed by atoms with Crippen LogP contribution in [0.25, 0.3) is 10.9 Å². The Morgan fingerprint density at radius 1 is 1.37 bits per heavy atom. The summed E-state index contributed by atoms with van der Waals surface area (Å²) in [7, 11) is 2.12. The SMILES string of the molecule is CCOc1ccc2c(c1)c(CCC(C)N)c(C)n2C. The molecule has 0 radical (unpaired) electrons. The van der Waals surface area contributed by atoms with Crippen LogP contribution in [-0.4, -0.2) is 17.2 Å². The number of hydrogen-bond acceptors (Lipinski definition) is 2. The zero-order valence-corrected chi connectivity index (χ0v) is 12.4. The third-order valence-electron chi connectivity index (χ3n) is 3.76. The van der Waals surface area contributed by atoms with Gasteiger partial charge in [0.05, 0.1) is 6.61 Å². The van der Waals surface area contributed by atoms with Crippen molar-refractivity contribution in [1.82, 2.24) is 4.57 Å². The summed E-state index contributed by atoms with van der Waals surface area (Å²) < 4.78 is 7.86. The van der Waals surface area contributed by atoms with E-state index in [0.29, 0.717) is 6.61 Å². The van der Waals surface area contributed by atoms with Crippen LogP contribution >= 0.6 is 0 Å². The Labute approximate surface area is 115 Å². The summed E-state index contributed by atoms with van der Waals surface area (Å²) in [6.07, 6.45) is 2.04. The molecule has 0 aliphatic heterocycles. The average molecular weight is 260 g/mol. The number of fused-ring (bicyclic) bond motifs is 1. The highest BCUT2D eigenvalue weighted by atomic mass is 16.5. The van der Waals surface area contributed by atoms with Crippen molar-refractivity contribution in [2.75, 3.05) is 6.61 Å². The van der Waals surface area contributed by atoms with Crippen LogP contribution in [-0.2, 0) is 13.5 Å². The van der Waals surface area contributed by atoms with E-state index >= 15 is 0 Å². The van der Waals surface area contributed by atoms with Crippen molar-refractivity contribution in [2.24, 2.45) is 12.8 Å². The first-order valence-electron chi connectivity index (χ1n) is 7.00. The Morgan fingerprint density at radius 3 is 2.74 bits per heavy atom. The van der Waals surface area contributed by atoms with Crippen LogP contribution in [0.2, 0.25) is 0 Å². The standard InChI is InChI=1S/C16H24N2O/c1-5-19-13-7-9-16-15(10-13)14(8-6-11(2)17)12(3)18(16)4/h7,9-11H,5-6,8,17H2,1-4H3. The fourth-order valence-electron chi connectivity index (χ4n) is 2.57. The second-order valence-corrected chi connectivity index (χ2v) is 5.25. The van der Waals surface area contributed by atoms with Gasteiger partial charge in [0.15, 0.2) is 0 Å². The van der Waals surface area contributed by atoms with E-state index in [2.05, 4.69) is 37.6 Å². The number of benzene rings is 1. The van der Waals surface area contributed by atoms with E-state index in [1.807, 2.05) is 13.0 Å². The van der Waals surface area contributed by atoms with Gasteiger partial charge in [0.2, 0.25) is 0 Å². The van der Waals surface area contributed by atoms with Gasteiger partial charge in [0.25, 0.3) is 0 Å². The molecule has 0 bridgehead atoms. The maximum atomic E-state index is 5.89. The second-order valence-electron chi connectivity index (χ2n) is 5.25. The first-order valence-corrected chi connectivity index (χ1v) is 7.00. The highest BCUT2D eigenvalue weighted by Gasteiger charge is 2.13. The van der Waals surface area contributed by atoms with E-state index in [9.17, 15) is 0 Å². The normalized spacial score (nSPS) is 12.9. The van der Waals surface area contributed by atoms with E-state index in [-0.39, 0.29) is 6.04 Å². The van der Waals surface area contributed by atoms with Crippen LogP contribution in [0.4, 0.5) is 0 Å². The number of hydrogen-bond donors (Lipinski definition) is 1. The molecule has 0 saturated heterocycles. The van der Waals surface area contributed by atoms with Crippen molar-refractivity contribution in [3.63, 3.8) is 0 Å². The summed E-state index contributed by atoms with van der Waals surface area (Å²) in [6.45, 7) is 6.95. The molecule has 3 nitrogen and oxygen atoms in total. The maximum absolute atomic E-state index is 5.89. The van der Waals surface area contributed by atoms with Gasteiger partial charge in [-0.2, -0.15) is 0 Å². The highest BCUT2D eigenvalue weighted by molar-refractivity contribution is 5.86. The average Bonchev–Trinajstić information content (AvgIpc) is 2.60. The zero-order chi connectivity index (χ0) is 14.0. The number of nitrogens with zero attached hydrogens (tertiary/aromatic N) is 1. The highest BCUT2D eigenvalue weighted by Crippen LogP contribution is 2.29.